The van der Waals surface area contributed by atoms with Gasteiger partial charge in [0.2, 0.25) is 0 Å². The molecule has 0 aliphatic rings. The van der Waals surface area contributed by atoms with Crippen molar-refractivity contribution < 1.29 is 0 Å². The summed E-state index contributed by atoms with van der Waals surface area (Å²) in [6.45, 7) is 3.90. The molecule has 0 amide bonds. The van der Waals surface area contributed by atoms with E-state index in [2.05, 4.69) is 4.99 Å². The molecule has 3 nitrogen and oxygen atoms in total. The van der Waals surface area contributed by atoms with Gasteiger partial charge in [0.15, 0.2) is 0 Å². The van der Waals surface area contributed by atoms with Gasteiger partial charge in [-0.15, -0.1) is 0 Å². The van der Waals surface area contributed by atoms with Crippen molar-refractivity contribution >= 4 is 26.3 Å². The highest BCUT2D eigenvalue weighted by atomic mass is 127. The van der Waals surface area contributed by atoms with Crippen molar-refractivity contribution in [1.82, 2.24) is 0 Å². The Balaban J connectivity index is 4.49. The molecule has 0 unspecified atom stereocenters. The molecule has 0 aromatic carbocycles. The third-order valence-corrected chi connectivity index (χ3v) is 1.74. The molecule has 4 heteroatoms. The maximum absolute atomic E-state index is 8.53. The quantitative estimate of drug-likeness (QED) is 0.467. The van der Waals surface area contributed by atoms with Gasteiger partial charge in [0.05, 0.1) is 5.57 Å². The summed E-state index contributed by atoms with van der Waals surface area (Å²) in [5.74, 6) is 0. The number of aliphatic imine (C=N–C) groups is 1. The van der Waals surface area contributed by atoms with Gasteiger partial charge in [-0.05, 0) is 36.4 Å². The number of nitriles is 1. The van der Waals surface area contributed by atoms with E-state index in [4.69, 9.17) is 11.0 Å². The maximum Gasteiger partial charge on any atom is 0.115 e. The van der Waals surface area contributed by atoms with E-state index < -0.39 is 0 Å². The minimum atomic E-state index is 0.199. The fourth-order valence-corrected chi connectivity index (χ4v) is 1.31. The lowest BCUT2D eigenvalue weighted by Gasteiger charge is -1.97. The van der Waals surface area contributed by atoms with Gasteiger partial charge in [-0.1, -0.05) is 0 Å². The van der Waals surface area contributed by atoms with Gasteiger partial charge in [-0.2, -0.15) is 5.26 Å². The number of hydrogen-bond acceptors (Lipinski definition) is 3. The van der Waals surface area contributed by atoms with Gasteiger partial charge >= 0.3 is 0 Å². The van der Waals surface area contributed by atoms with Crippen molar-refractivity contribution in [3.8, 4) is 6.07 Å². The van der Waals surface area contributed by atoms with Crippen LogP contribution in [0.4, 0.5) is 0 Å². The average Bonchev–Trinajstić information content (AvgIpc) is 1.88. The maximum atomic E-state index is 8.53. The van der Waals surface area contributed by atoms with E-state index in [-0.39, 0.29) is 6.04 Å². The normalized spacial score (nSPS) is 13.4. The van der Waals surface area contributed by atoms with Crippen molar-refractivity contribution in [2.75, 3.05) is 0 Å². The summed E-state index contributed by atoms with van der Waals surface area (Å²) in [6.07, 6.45) is 1.27. The van der Waals surface area contributed by atoms with E-state index in [0.717, 1.165) is 0 Å². The number of hydrogen-bond donors (Lipinski definition) is 1. The van der Waals surface area contributed by atoms with Crippen LogP contribution in [0.2, 0.25) is 0 Å². The number of rotatable bonds is 2. The van der Waals surface area contributed by atoms with Crippen molar-refractivity contribution in [3.63, 3.8) is 0 Å². The Morgan fingerprint density at radius 3 is 2.55 bits per heavy atom. The fraction of sp³-hybridized carbons (Fsp3) is 0.429. The van der Waals surface area contributed by atoms with E-state index in [9.17, 15) is 0 Å². The van der Waals surface area contributed by atoms with Crippen LogP contribution in [-0.2, 0) is 0 Å². The summed E-state index contributed by atoms with van der Waals surface area (Å²) < 4.78 is 0.669. The Kier molecular flexibility index (Phi) is 4.86. The third-order valence-electron chi connectivity index (χ3n) is 0.881. The van der Waals surface area contributed by atoms with Crippen LogP contribution in [0, 0.1) is 11.3 Å². The molecule has 0 saturated heterocycles. The standard InChI is InChI=1S/C7H10IN3/c1-5(2)11-7(8)6(3-9)4-10/h3,5H,9H2,1-2H3. The van der Waals surface area contributed by atoms with Crippen molar-refractivity contribution in [2.45, 2.75) is 19.9 Å². The van der Waals surface area contributed by atoms with E-state index in [1.165, 1.54) is 6.20 Å². The molecule has 0 atom stereocenters. The first-order valence-corrected chi connectivity index (χ1v) is 4.25. The monoisotopic (exact) mass is 263 g/mol. The minimum absolute atomic E-state index is 0.199. The predicted octanol–water partition coefficient (Wildman–Crippen LogP) is 1.59. The van der Waals surface area contributed by atoms with Crippen LogP contribution >= 0.6 is 22.6 Å². The Morgan fingerprint density at radius 1 is 1.73 bits per heavy atom. The Hall–Kier alpha value is -0.570. The molecule has 0 aromatic rings. The molecule has 0 aromatic heterocycles. The lowest BCUT2D eigenvalue weighted by atomic mass is 10.3. The summed E-state index contributed by atoms with van der Waals surface area (Å²) in [4.78, 5) is 4.15. The molecule has 0 bridgehead atoms. The Morgan fingerprint density at radius 2 is 2.27 bits per heavy atom. The lowest BCUT2D eigenvalue weighted by molar-refractivity contribution is 0.840. The van der Waals surface area contributed by atoms with Crippen LogP contribution in [0.5, 0.6) is 0 Å². The highest BCUT2D eigenvalue weighted by Gasteiger charge is 2.01. The highest BCUT2D eigenvalue weighted by molar-refractivity contribution is 14.1. The molecular formula is C7H10IN3. The Labute approximate surface area is 80.1 Å². The smallest absolute Gasteiger partial charge is 0.115 e. The molecular weight excluding hydrogens is 253 g/mol. The van der Waals surface area contributed by atoms with E-state index >= 15 is 0 Å². The zero-order valence-corrected chi connectivity index (χ0v) is 8.66. The number of allylic oxidation sites excluding steroid dienone is 1. The van der Waals surface area contributed by atoms with Gasteiger partial charge in [-0.3, -0.25) is 4.99 Å². The zero-order chi connectivity index (χ0) is 8.85. The Bertz CT molecular complexity index is 222. The lowest BCUT2D eigenvalue weighted by Crippen LogP contribution is -1.99. The topological polar surface area (TPSA) is 62.2 Å². The molecule has 0 aliphatic carbocycles. The average molecular weight is 263 g/mol. The summed E-state index contributed by atoms with van der Waals surface area (Å²) in [5.41, 5.74) is 5.62. The van der Waals surface area contributed by atoms with Crippen LogP contribution < -0.4 is 5.73 Å². The second kappa shape index (κ2) is 5.13. The first-order chi connectivity index (χ1) is 5.11. The van der Waals surface area contributed by atoms with Crippen LogP contribution in [0.3, 0.4) is 0 Å². The molecule has 0 aliphatic heterocycles. The molecule has 0 heterocycles. The van der Waals surface area contributed by atoms with E-state index in [0.29, 0.717) is 9.29 Å². The highest BCUT2D eigenvalue weighted by Crippen LogP contribution is 2.05. The number of nitrogens with zero attached hydrogens (tertiary/aromatic N) is 2. The van der Waals surface area contributed by atoms with Gasteiger partial charge in [0, 0.05) is 12.2 Å². The SMILES string of the molecule is CC(C)N=C(I)C(C#N)=CN. The molecule has 0 fully saturated rings. The predicted molar refractivity (Wildman–Crippen MR) is 54.5 cm³/mol. The largest absolute Gasteiger partial charge is 0.403 e. The number of nitrogens with two attached hydrogens (primary N) is 1. The summed E-state index contributed by atoms with van der Waals surface area (Å²) in [5, 5.41) is 8.53. The molecule has 0 rings (SSSR count). The first-order valence-electron chi connectivity index (χ1n) is 3.17. The van der Waals surface area contributed by atoms with Gasteiger partial charge in [-0.25, -0.2) is 0 Å². The van der Waals surface area contributed by atoms with Crippen LogP contribution in [-0.4, -0.2) is 9.76 Å². The van der Waals surface area contributed by atoms with Crippen molar-refractivity contribution in [3.05, 3.63) is 11.8 Å². The van der Waals surface area contributed by atoms with Crippen molar-refractivity contribution in [2.24, 2.45) is 10.7 Å². The second-order valence-corrected chi connectivity index (χ2v) is 3.23. The summed E-state index contributed by atoms with van der Waals surface area (Å²) in [6, 6.07) is 2.15. The van der Waals surface area contributed by atoms with Crippen LogP contribution in [0.1, 0.15) is 13.8 Å². The number of halogens is 1. The molecule has 2 N–H and O–H groups in total. The molecule has 11 heavy (non-hydrogen) atoms. The second-order valence-electron chi connectivity index (χ2n) is 2.21. The van der Waals surface area contributed by atoms with Gasteiger partial charge in [0.25, 0.3) is 0 Å². The van der Waals surface area contributed by atoms with Crippen LogP contribution in [0.25, 0.3) is 0 Å². The summed E-state index contributed by atoms with van der Waals surface area (Å²) >= 11 is 2.00. The molecule has 0 saturated carbocycles. The molecule has 0 radical (unpaired) electrons. The van der Waals surface area contributed by atoms with Crippen molar-refractivity contribution in [1.29, 1.82) is 5.26 Å². The van der Waals surface area contributed by atoms with E-state index in [1.54, 1.807) is 0 Å². The third kappa shape index (κ3) is 3.98. The van der Waals surface area contributed by atoms with Gasteiger partial charge in [0.1, 0.15) is 9.79 Å². The van der Waals surface area contributed by atoms with Crippen LogP contribution in [0.15, 0.2) is 16.8 Å². The van der Waals surface area contributed by atoms with Gasteiger partial charge < -0.3 is 5.73 Å². The molecule has 0 spiro atoms. The van der Waals surface area contributed by atoms with E-state index in [1.807, 2.05) is 42.5 Å². The summed E-state index contributed by atoms with van der Waals surface area (Å²) in [7, 11) is 0. The minimum Gasteiger partial charge on any atom is -0.403 e. The first kappa shape index (κ1) is 10.4. The molecule has 60 valence electrons. The zero-order valence-electron chi connectivity index (χ0n) is 6.50. The fourth-order valence-electron chi connectivity index (χ4n) is 0.448.